The normalized spacial score (nSPS) is 27.1. The van der Waals surface area contributed by atoms with Gasteiger partial charge >= 0.3 is 0 Å². The highest BCUT2D eigenvalue weighted by atomic mass is 16.6. The van der Waals surface area contributed by atoms with Crippen molar-refractivity contribution < 1.29 is 14.9 Å². The van der Waals surface area contributed by atoms with Crippen molar-refractivity contribution in [2.75, 3.05) is 5.32 Å². The van der Waals surface area contributed by atoms with Gasteiger partial charge in [-0.3, -0.25) is 4.57 Å². The highest BCUT2D eigenvalue weighted by molar-refractivity contribution is 5.82. The van der Waals surface area contributed by atoms with Crippen LogP contribution in [0.4, 0.5) is 5.82 Å². The molecule has 10 nitrogen and oxygen atoms in total. The first-order valence-electron chi connectivity index (χ1n) is 10.4. The number of aliphatic hydroxyl groups excluding tert-OH is 2. The van der Waals surface area contributed by atoms with Gasteiger partial charge in [-0.15, -0.1) is 0 Å². The Balaban J connectivity index is 1.34. The largest absolute Gasteiger partial charge is 0.388 e. The molecule has 0 spiro atoms. The Morgan fingerprint density at radius 2 is 1.83 bits per heavy atom. The highest BCUT2D eigenvalue weighted by Gasteiger charge is 2.44. The maximum Gasteiger partial charge on any atom is 0.167 e. The molecule has 4 atom stereocenters. The number of rotatable bonds is 6. The fraction of sp³-hybridized carbons (Fsp3) is 0.550. The lowest BCUT2D eigenvalue weighted by atomic mass is 10.1. The molecular formula is C20H25N7O3. The molecule has 158 valence electrons. The fourth-order valence-electron chi connectivity index (χ4n) is 4.34. The minimum atomic E-state index is -1.09. The Bertz CT molecular complexity index is 992. The Morgan fingerprint density at radius 3 is 2.63 bits per heavy atom. The smallest absolute Gasteiger partial charge is 0.167 e. The highest BCUT2D eigenvalue weighted by Crippen LogP contribution is 2.34. The molecule has 1 saturated carbocycles. The van der Waals surface area contributed by atoms with Crippen molar-refractivity contribution in [3.05, 3.63) is 36.9 Å². The molecule has 5 rings (SSSR count). The standard InChI is InChI=1S/C20H25N7O3/c28-16-13(6-7-14-21-8-3-9-22-14)30-20(17(16)29)27-11-25-15-18(23-10-24-19(15)27)26-12-4-1-2-5-12/h3,8-13,16-17,20,28-29H,1-2,4-7H2,(H,23,24,26)/t13-,16-,17-,20-/m1/s1. The number of hydrogen-bond acceptors (Lipinski definition) is 9. The van der Waals surface area contributed by atoms with Crippen molar-refractivity contribution >= 4 is 17.0 Å². The Morgan fingerprint density at radius 1 is 1.03 bits per heavy atom. The predicted molar refractivity (Wildman–Crippen MR) is 107 cm³/mol. The van der Waals surface area contributed by atoms with Gasteiger partial charge in [0.2, 0.25) is 0 Å². The average Bonchev–Trinajstić information content (AvgIpc) is 3.49. The second kappa shape index (κ2) is 8.21. The molecule has 3 aromatic heterocycles. The summed E-state index contributed by atoms with van der Waals surface area (Å²) in [5, 5.41) is 24.6. The van der Waals surface area contributed by atoms with E-state index in [1.807, 2.05) is 0 Å². The zero-order valence-corrected chi connectivity index (χ0v) is 16.5. The van der Waals surface area contributed by atoms with Crippen LogP contribution >= 0.6 is 0 Å². The van der Waals surface area contributed by atoms with Gasteiger partial charge in [-0.1, -0.05) is 12.8 Å². The quantitative estimate of drug-likeness (QED) is 0.548. The molecule has 30 heavy (non-hydrogen) atoms. The number of aryl methyl sites for hydroxylation is 1. The molecule has 2 fully saturated rings. The van der Waals surface area contributed by atoms with Crippen LogP contribution in [0.15, 0.2) is 31.1 Å². The summed E-state index contributed by atoms with van der Waals surface area (Å²) < 4.78 is 7.69. The predicted octanol–water partition coefficient (Wildman–Crippen LogP) is 1.22. The lowest BCUT2D eigenvalue weighted by molar-refractivity contribution is -0.0368. The monoisotopic (exact) mass is 411 g/mol. The van der Waals surface area contributed by atoms with E-state index in [-0.39, 0.29) is 0 Å². The van der Waals surface area contributed by atoms with Crippen molar-refractivity contribution in [3.8, 4) is 0 Å². The van der Waals surface area contributed by atoms with Crippen LogP contribution in [0, 0.1) is 0 Å². The molecule has 1 saturated heterocycles. The van der Waals surface area contributed by atoms with Crippen LogP contribution in [0.1, 0.15) is 44.2 Å². The molecule has 2 aliphatic rings. The number of anilines is 1. The minimum absolute atomic E-state index is 0.396. The van der Waals surface area contributed by atoms with E-state index in [0.717, 1.165) is 12.8 Å². The third kappa shape index (κ3) is 3.62. The first kappa shape index (κ1) is 19.3. The van der Waals surface area contributed by atoms with Crippen molar-refractivity contribution in [2.24, 2.45) is 0 Å². The Kier molecular flexibility index (Phi) is 5.28. The van der Waals surface area contributed by atoms with E-state index in [0.29, 0.717) is 41.7 Å². The molecule has 0 bridgehead atoms. The van der Waals surface area contributed by atoms with Crippen LogP contribution in [0.5, 0.6) is 0 Å². The van der Waals surface area contributed by atoms with Gasteiger partial charge in [-0.25, -0.2) is 24.9 Å². The zero-order chi connectivity index (χ0) is 20.5. The summed E-state index contributed by atoms with van der Waals surface area (Å²) in [6.45, 7) is 0. The number of nitrogens with zero attached hydrogens (tertiary/aromatic N) is 6. The number of hydrogen-bond donors (Lipinski definition) is 3. The molecule has 1 aliphatic heterocycles. The van der Waals surface area contributed by atoms with Gasteiger partial charge < -0.3 is 20.3 Å². The third-order valence-corrected chi connectivity index (χ3v) is 5.94. The van der Waals surface area contributed by atoms with E-state index in [2.05, 4.69) is 30.2 Å². The van der Waals surface area contributed by atoms with Gasteiger partial charge in [-0.2, -0.15) is 0 Å². The van der Waals surface area contributed by atoms with Gasteiger partial charge in [0.25, 0.3) is 0 Å². The topological polar surface area (TPSA) is 131 Å². The van der Waals surface area contributed by atoms with Gasteiger partial charge in [0.1, 0.15) is 24.4 Å². The molecule has 0 unspecified atom stereocenters. The van der Waals surface area contributed by atoms with Crippen LogP contribution < -0.4 is 5.32 Å². The molecule has 4 heterocycles. The molecule has 10 heteroatoms. The maximum absolute atomic E-state index is 10.6. The summed E-state index contributed by atoms with van der Waals surface area (Å²) in [7, 11) is 0. The van der Waals surface area contributed by atoms with Gasteiger partial charge in [0.05, 0.1) is 12.4 Å². The first-order valence-corrected chi connectivity index (χ1v) is 10.4. The number of aliphatic hydroxyl groups is 2. The minimum Gasteiger partial charge on any atom is -0.388 e. The van der Waals surface area contributed by atoms with E-state index >= 15 is 0 Å². The average molecular weight is 411 g/mol. The molecule has 0 aromatic carbocycles. The van der Waals surface area contributed by atoms with E-state index in [1.54, 1.807) is 29.4 Å². The molecule has 0 radical (unpaired) electrons. The maximum atomic E-state index is 10.6. The summed E-state index contributed by atoms with van der Waals surface area (Å²) in [6, 6.07) is 2.15. The molecule has 1 aliphatic carbocycles. The number of fused-ring (bicyclic) bond motifs is 1. The summed E-state index contributed by atoms with van der Waals surface area (Å²) in [6.07, 6.45) is 8.73. The lowest BCUT2D eigenvalue weighted by Crippen LogP contribution is -2.31. The van der Waals surface area contributed by atoms with Crippen molar-refractivity contribution in [1.82, 2.24) is 29.5 Å². The van der Waals surface area contributed by atoms with Crippen molar-refractivity contribution in [3.63, 3.8) is 0 Å². The Labute approximate surface area is 173 Å². The van der Waals surface area contributed by atoms with Crippen LogP contribution in [0.25, 0.3) is 11.2 Å². The molecule has 3 N–H and O–H groups in total. The third-order valence-electron chi connectivity index (χ3n) is 5.94. The number of ether oxygens (including phenoxy) is 1. The molecule has 0 amide bonds. The second-order valence-electron chi connectivity index (χ2n) is 7.92. The summed E-state index contributed by atoms with van der Waals surface area (Å²) in [4.78, 5) is 21.6. The van der Waals surface area contributed by atoms with Crippen LogP contribution in [-0.2, 0) is 11.2 Å². The number of aromatic nitrogens is 6. The summed E-state index contributed by atoms with van der Waals surface area (Å²) >= 11 is 0. The number of nitrogens with one attached hydrogen (secondary N) is 1. The van der Waals surface area contributed by atoms with Gasteiger partial charge in [0.15, 0.2) is 23.2 Å². The second-order valence-corrected chi connectivity index (χ2v) is 7.92. The van der Waals surface area contributed by atoms with Crippen LogP contribution in [0.3, 0.4) is 0 Å². The molecule has 3 aromatic rings. The van der Waals surface area contributed by atoms with Crippen LogP contribution in [0.2, 0.25) is 0 Å². The van der Waals surface area contributed by atoms with E-state index in [9.17, 15) is 10.2 Å². The summed E-state index contributed by atoms with van der Waals surface area (Å²) in [5.74, 6) is 1.37. The lowest BCUT2D eigenvalue weighted by Gasteiger charge is -2.17. The number of imidazole rings is 1. The van der Waals surface area contributed by atoms with Gasteiger partial charge in [-0.05, 0) is 25.3 Å². The van der Waals surface area contributed by atoms with Crippen molar-refractivity contribution in [2.45, 2.75) is 69.1 Å². The van der Waals surface area contributed by atoms with E-state index < -0.39 is 24.5 Å². The van der Waals surface area contributed by atoms with Crippen molar-refractivity contribution in [1.29, 1.82) is 0 Å². The SMILES string of the molecule is O[C@@H]1[C@H](O)[C@@H](CCc2ncccn2)O[C@H]1n1cnc2c(NC3CCCC3)ncnc21. The summed E-state index contributed by atoms with van der Waals surface area (Å²) in [5.41, 5.74) is 1.20. The van der Waals surface area contributed by atoms with Gasteiger partial charge in [0, 0.05) is 24.9 Å². The van der Waals surface area contributed by atoms with E-state index in [4.69, 9.17) is 4.74 Å². The van der Waals surface area contributed by atoms with E-state index in [1.165, 1.54) is 19.2 Å². The first-order chi connectivity index (χ1) is 14.7. The van der Waals surface area contributed by atoms with Crippen LogP contribution in [-0.4, -0.2) is 64.1 Å². The fourth-order valence-corrected chi connectivity index (χ4v) is 4.34. The molecular weight excluding hydrogens is 386 g/mol. The zero-order valence-electron chi connectivity index (χ0n) is 16.5. The Hall–Kier alpha value is -2.69.